The number of para-hydroxylation sites is 1. The Labute approximate surface area is 130 Å². The Morgan fingerprint density at radius 3 is 2.64 bits per heavy atom. The average Bonchev–Trinajstić information content (AvgIpc) is 2.55. The fourth-order valence-electron chi connectivity index (χ4n) is 2.17. The third-order valence-corrected chi connectivity index (χ3v) is 3.38. The SMILES string of the molecule is CCCCCCOc1ccccc1-c1ccc([N+](=O)[O-])cn1. The van der Waals surface area contributed by atoms with Crippen molar-refractivity contribution in [3.05, 3.63) is 52.7 Å². The van der Waals surface area contributed by atoms with Gasteiger partial charge in [-0.05, 0) is 24.6 Å². The fraction of sp³-hybridized carbons (Fsp3) is 0.353. The van der Waals surface area contributed by atoms with Gasteiger partial charge in [-0.15, -0.1) is 0 Å². The van der Waals surface area contributed by atoms with Crippen molar-refractivity contribution in [1.82, 2.24) is 4.98 Å². The molecule has 0 radical (unpaired) electrons. The molecule has 116 valence electrons. The molecule has 0 N–H and O–H groups in total. The molecule has 0 bridgehead atoms. The standard InChI is InChI=1S/C17H20N2O3/c1-2-3-4-7-12-22-17-9-6-5-8-15(17)16-11-10-14(13-18-16)19(20)21/h5-6,8-11,13H,2-4,7,12H2,1H3. The number of nitro groups is 1. The summed E-state index contributed by atoms with van der Waals surface area (Å²) in [6.45, 7) is 2.85. The predicted octanol–water partition coefficient (Wildman–Crippen LogP) is 4.62. The van der Waals surface area contributed by atoms with Gasteiger partial charge in [0.25, 0.3) is 5.69 Å². The van der Waals surface area contributed by atoms with E-state index in [2.05, 4.69) is 11.9 Å². The van der Waals surface area contributed by atoms with Crippen LogP contribution in [-0.2, 0) is 0 Å². The highest BCUT2D eigenvalue weighted by molar-refractivity contribution is 5.67. The Morgan fingerprint density at radius 2 is 1.95 bits per heavy atom. The van der Waals surface area contributed by atoms with Gasteiger partial charge in [0.15, 0.2) is 0 Å². The summed E-state index contributed by atoms with van der Waals surface area (Å²) in [4.78, 5) is 14.4. The predicted molar refractivity (Wildman–Crippen MR) is 86.0 cm³/mol. The molecule has 1 aromatic carbocycles. The topological polar surface area (TPSA) is 65.3 Å². The van der Waals surface area contributed by atoms with E-state index in [0.29, 0.717) is 12.3 Å². The first-order valence-electron chi connectivity index (χ1n) is 7.55. The Kier molecular flexibility index (Phi) is 5.89. The monoisotopic (exact) mass is 300 g/mol. The van der Waals surface area contributed by atoms with Gasteiger partial charge < -0.3 is 4.74 Å². The van der Waals surface area contributed by atoms with Gasteiger partial charge in [0.05, 0.1) is 17.2 Å². The molecule has 5 heteroatoms. The molecule has 0 unspecified atom stereocenters. The van der Waals surface area contributed by atoms with Crippen molar-refractivity contribution in [2.45, 2.75) is 32.6 Å². The molecule has 22 heavy (non-hydrogen) atoms. The fourth-order valence-corrected chi connectivity index (χ4v) is 2.17. The van der Waals surface area contributed by atoms with Crippen molar-refractivity contribution in [2.75, 3.05) is 6.61 Å². The van der Waals surface area contributed by atoms with Crippen LogP contribution in [0.2, 0.25) is 0 Å². The van der Waals surface area contributed by atoms with E-state index >= 15 is 0 Å². The van der Waals surface area contributed by atoms with Gasteiger partial charge in [0.2, 0.25) is 0 Å². The maximum absolute atomic E-state index is 10.7. The third-order valence-electron chi connectivity index (χ3n) is 3.38. The van der Waals surface area contributed by atoms with E-state index in [1.807, 2.05) is 24.3 Å². The van der Waals surface area contributed by atoms with E-state index in [1.165, 1.54) is 25.1 Å². The first-order chi connectivity index (χ1) is 10.7. The molecule has 2 aromatic rings. The lowest BCUT2D eigenvalue weighted by atomic mass is 10.1. The molecule has 0 spiro atoms. The minimum Gasteiger partial charge on any atom is -0.493 e. The first kappa shape index (κ1) is 15.9. The zero-order valence-electron chi connectivity index (χ0n) is 12.7. The molecule has 0 aliphatic heterocycles. The molecular weight excluding hydrogens is 280 g/mol. The van der Waals surface area contributed by atoms with Crippen LogP contribution in [0, 0.1) is 10.1 Å². The molecule has 2 rings (SSSR count). The van der Waals surface area contributed by atoms with Gasteiger partial charge in [0, 0.05) is 11.6 Å². The molecule has 0 saturated carbocycles. The summed E-state index contributed by atoms with van der Waals surface area (Å²) in [5, 5.41) is 10.7. The number of rotatable bonds is 8. The number of ether oxygens (including phenoxy) is 1. The normalized spacial score (nSPS) is 10.4. The Hall–Kier alpha value is -2.43. The average molecular weight is 300 g/mol. The van der Waals surface area contributed by atoms with Crippen molar-refractivity contribution in [2.24, 2.45) is 0 Å². The van der Waals surface area contributed by atoms with Crippen LogP contribution >= 0.6 is 0 Å². The van der Waals surface area contributed by atoms with Crippen LogP contribution in [0.15, 0.2) is 42.6 Å². The Bertz CT molecular complexity index is 612. The zero-order valence-corrected chi connectivity index (χ0v) is 12.7. The van der Waals surface area contributed by atoms with Gasteiger partial charge in [-0.3, -0.25) is 10.1 Å². The van der Waals surface area contributed by atoms with Crippen molar-refractivity contribution >= 4 is 5.69 Å². The van der Waals surface area contributed by atoms with E-state index in [-0.39, 0.29) is 5.69 Å². The summed E-state index contributed by atoms with van der Waals surface area (Å²) in [6, 6.07) is 10.7. The van der Waals surface area contributed by atoms with Crippen LogP contribution in [0.25, 0.3) is 11.3 Å². The molecule has 0 aliphatic rings. The highest BCUT2D eigenvalue weighted by atomic mass is 16.6. The van der Waals surface area contributed by atoms with E-state index in [9.17, 15) is 10.1 Å². The molecule has 1 heterocycles. The lowest BCUT2D eigenvalue weighted by molar-refractivity contribution is -0.385. The van der Waals surface area contributed by atoms with E-state index < -0.39 is 4.92 Å². The smallest absolute Gasteiger partial charge is 0.287 e. The second-order valence-electron chi connectivity index (χ2n) is 5.06. The molecule has 0 fully saturated rings. The van der Waals surface area contributed by atoms with Gasteiger partial charge in [-0.1, -0.05) is 38.3 Å². The molecular formula is C17H20N2O3. The van der Waals surface area contributed by atoms with Crippen molar-refractivity contribution < 1.29 is 9.66 Å². The molecule has 0 atom stereocenters. The number of pyridine rings is 1. The van der Waals surface area contributed by atoms with E-state index in [4.69, 9.17) is 4.74 Å². The van der Waals surface area contributed by atoms with Gasteiger partial charge in [-0.25, -0.2) is 4.98 Å². The van der Waals surface area contributed by atoms with Crippen LogP contribution in [-0.4, -0.2) is 16.5 Å². The number of hydrogen-bond acceptors (Lipinski definition) is 4. The van der Waals surface area contributed by atoms with Crippen LogP contribution in [0.4, 0.5) is 5.69 Å². The van der Waals surface area contributed by atoms with Crippen LogP contribution in [0.3, 0.4) is 0 Å². The van der Waals surface area contributed by atoms with Crippen molar-refractivity contribution in [1.29, 1.82) is 0 Å². The summed E-state index contributed by atoms with van der Waals surface area (Å²) in [5.41, 5.74) is 1.52. The second-order valence-corrected chi connectivity index (χ2v) is 5.06. The second kappa shape index (κ2) is 8.12. The largest absolute Gasteiger partial charge is 0.493 e. The minimum absolute atomic E-state index is 0.0123. The van der Waals surface area contributed by atoms with Gasteiger partial charge in [0.1, 0.15) is 11.9 Å². The molecule has 0 aliphatic carbocycles. The maximum Gasteiger partial charge on any atom is 0.287 e. The maximum atomic E-state index is 10.7. The zero-order chi connectivity index (χ0) is 15.8. The quantitative estimate of drug-likeness (QED) is 0.405. The van der Waals surface area contributed by atoms with Gasteiger partial charge >= 0.3 is 0 Å². The summed E-state index contributed by atoms with van der Waals surface area (Å²) in [5.74, 6) is 0.764. The highest BCUT2D eigenvalue weighted by Crippen LogP contribution is 2.29. The molecule has 0 amide bonds. The molecule has 1 aromatic heterocycles. The highest BCUT2D eigenvalue weighted by Gasteiger charge is 2.10. The number of unbranched alkanes of at least 4 members (excludes halogenated alkanes) is 3. The summed E-state index contributed by atoms with van der Waals surface area (Å²) < 4.78 is 5.84. The Morgan fingerprint density at radius 1 is 1.14 bits per heavy atom. The lowest BCUT2D eigenvalue weighted by Gasteiger charge is -2.10. The number of benzene rings is 1. The number of nitrogens with zero attached hydrogens (tertiary/aromatic N) is 2. The third kappa shape index (κ3) is 4.28. The minimum atomic E-state index is -0.451. The lowest BCUT2D eigenvalue weighted by Crippen LogP contribution is -1.99. The Balaban J connectivity index is 2.08. The number of aromatic nitrogens is 1. The first-order valence-corrected chi connectivity index (χ1v) is 7.55. The van der Waals surface area contributed by atoms with Crippen molar-refractivity contribution in [3.63, 3.8) is 0 Å². The summed E-state index contributed by atoms with van der Waals surface area (Å²) in [6.07, 6.45) is 5.87. The van der Waals surface area contributed by atoms with E-state index in [0.717, 1.165) is 24.2 Å². The summed E-state index contributed by atoms with van der Waals surface area (Å²) >= 11 is 0. The van der Waals surface area contributed by atoms with Crippen LogP contribution in [0.5, 0.6) is 5.75 Å². The van der Waals surface area contributed by atoms with E-state index in [1.54, 1.807) is 6.07 Å². The number of hydrogen-bond donors (Lipinski definition) is 0. The molecule has 0 saturated heterocycles. The van der Waals surface area contributed by atoms with Crippen LogP contribution in [0.1, 0.15) is 32.6 Å². The van der Waals surface area contributed by atoms with Gasteiger partial charge in [-0.2, -0.15) is 0 Å². The van der Waals surface area contributed by atoms with Crippen molar-refractivity contribution in [3.8, 4) is 17.0 Å². The molecule has 5 nitrogen and oxygen atoms in total. The summed E-state index contributed by atoms with van der Waals surface area (Å²) in [7, 11) is 0. The van der Waals surface area contributed by atoms with Crippen LogP contribution < -0.4 is 4.74 Å².